The van der Waals surface area contributed by atoms with Crippen LogP contribution in [0.15, 0.2) is 10.9 Å². The molecule has 2 rings (SSSR count). The molecule has 1 amide bonds. The Labute approximate surface area is 122 Å². The molecule has 7 heteroatoms. The number of nitrogens with one attached hydrogen (secondary N) is 1. The van der Waals surface area contributed by atoms with Gasteiger partial charge in [-0.2, -0.15) is 0 Å². The summed E-state index contributed by atoms with van der Waals surface area (Å²) in [4.78, 5) is 28.1. The Morgan fingerprint density at radius 2 is 2.35 bits per heavy atom. The van der Waals surface area contributed by atoms with Gasteiger partial charge in [0.25, 0.3) is 5.56 Å². The number of amides is 1. The van der Waals surface area contributed by atoms with Crippen LogP contribution in [0, 0.1) is 0 Å². The topological polar surface area (TPSA) is 73.2 Å². The molecule has 1 aliphatic rings. The van der Waals surface area contributed by atoms with Crippen LogP contribution < -0.4 is 10.9 Å². The number of hydrogen-bond donors (Lipinski definition) is 1. The number of nitrogens with zero attached hydrogens (tertiary/aromatic N) is 2. The van der Waals surface area contributed by atoms with Crippen molar-refractivity contribution < 1.29 is 9.53 Å². The van der Waals surface area contributed by atoms with Gasteiger partial charge in [-0.3, -0.25) is 14.2 Å². The summed E-state index contributed by atoms with van der Waals surface area (Å²) < 4.78 is 6.35. The minimum Gasteiger partial charge on any atom is -0.383 e. The number of aromatic nitrogens is 2. The van der Waals surface area contributed by atoms with Gasteiger partial charge in [0.1, 0.15) is 17.5 Å². The molecule has 0 aliphatic heterocycles. The molecule has 1 atom stereocenters. The highest BCUT2D eigenvalue weighted by atomic mass is 35.5. The highest BCUT2D eigenvalue weighted by Gasteiger charge is 2.29. The number of methoxy groups -OCH3 is 1. The van der Waals surface area contributed by atoms with Crippen molar-refractivity contribution in [3.63, 3.8) is 0 Å². The lowest BCUT2D eigenvalue weighted by Gasteiger charge is -2.15. The molecule has 1 aromatic rings. The molecule has 6 nitrogen and oxygen atoms in total. The van der Waals surface area contributed by atoms with Crippen LogP contribution in [0.2, 0.25) is 5.15 Å². The first-order chi connectivity index (χ1) is 9.51. The average Bonchev–Trinajstić information content (AvgIpc) is 3.16. The second-order valence-electron chi connectivity index (χ2n) is 5.06. The molecule has 0 radical (unpaired) electrons. The van der Waals surface area contributed by atoms with Crippen molar-refractivity contribution in [2.24, 2.45) is 0 Å². The zero-order chi connectivity index (χ0) is 14.7. The van der Waals surface area contributed by atoms with E-state index in [0.29, 0.717) is 12.4 Å². The maximum absolute atomic E-state index is 12.0. The third-order valence-corrected chi connectivity index (χ3v) is 3.27. The van der Waals surface area contributed by atoms with Crippen molar-refractivity contribution >= 4 is 17.5 Å². The molecule has 0 saturated heterocycles. The lowest BCUT2D eigenvalue weighted by atomic mass is 10.3. The second kappa shape index (κ2) is 6.37. The minimum atomic E-state index is -0.290. The van der Waals surface area contributed by atoms with E-state index in [0.717, 1.165) is 12.8 Å². The van der Waals surface area contributed by atoms with E-state index in [2.05, 4.69) is 10.3 Å². The number of carbonyl (C=O) groups is 1. The molecule has 1 N–H and O–H groups in total. The highest BCUT2D eigenvalue weighted by molar-refractivity contribution is 6.29. The van der Waals surface area contributed by atoms with E-state index in [1.54, 1.807) is 7.11 Å². The van der Waals surface area contributed by atoms with Gasteiger partial charge < -0.3 is 10.1 Å². The summed E-state index contributed by atoms with van der Waals surface area (Å²) in [7, 11) is 1.57. The van der Waals surface area contributed by atoms with Crippen molar-refractivity contribution in [2.45, 2.75) is 38.3 Å². The lowest BCUT2D eigenvalue weighted by molar-refractivity contribution is -0.122. The average molecular weight is 300 g/mol. The van der Waals surface area contributed by atoms with E-state index in [1.165, 1.54) is 10.6 Å². The van der Waals surface area contributed by atoms with Crippen molar-refractivity contribution in [1.29, 1.82) is 0 Å². The Hall–Kier alpha value is -1.40. The Morgan fingerprint density at radius 1 is 1.65 bits per heavy atom. The van der Waals surface area contributed by atoms with Crippen molar-refractivity contribution in [3.8, 4) is 0 Å². The van der Waals surface area contributed by atoms with E-state index in [9.17, 15) is 9.59 Å². The number of rotatable bonds is 6. The second-order valence-corrected chi connectivity index (χ2v) is 5.45. The fourth-order valence-corrected chi connectivity index (χ4v) is 2.24. The van der Waals surface area contributed by atoms with Gasteiger partial charge >= 0.3 is 0 Å². The van der Waals surface area contributed by atoms with Gasteiger partial charge in [0.15, 0.2) is 0 Å². The maximum Gasteiger partial charge on any atom is 0.255 e. The predicted molar refractivity (Wildman–Crippen MR) is 75.0 cm³/mol. The SMILES string of the molecule is COCC(C)NC(=O)Cn1c(C2CC2)nc(Cl)cc1=O. The third-order valence-electron chi connectivity index (χ3n) is 3.07. The fourth-order valence-electron chi connectivity index (χ4n) is 2.06. The minimum absolute atomic E-state index is 0.0388. The van der Waals surface area contributed by atoms with Crippen molar-refractivity contribution in [3.05, 3.63) is 27.4 Å². The molecule has 1 aromatic heterocycles. The Balaban J connectivity index is 2.12. The zero-order valence-electron chi connectivity index (χ0n) is 11.6. The smallest absolute Gasteiger partial charge is 0.255 e. The molecule has 20 heavy (non-hydrogen) atoms. The van der Waals surface area contributed by atoms with Crippen LogP contribution in [0.25, 0.3) is 0 Å². The van der Waals surface area contributed by atoms with Gasteiger partial charge in [0.2, 0.25) is 5.91 Å². The first-order valence-electron chi connectivity index (χ1n) is 6.57. The Bertz CT molecular complexity index is 554. The van der Waals surface area contributed by atoms with Gasteiger partial charge in [0.05, 0.1) is 6.61 Å². The van der Waals surface area contributed by atoms with Crippen LogP contribution in [0.3, 0.4) is 0 Å². The first kappa shape index (κ1) is 15.0. The molecular weight excluding hydrogens is 282 g/mol. The van der Waals surface area contributed by atoms with E-state index in [-0.39, 0.29) is 35.1 Å². The normalized spacial score (nSPS) is 15.9. The summed E-state index contributed by atoms with van der Waals surface area (Å²) in [5.41, 5.74) is -0.290. The summed E-state index contributed by atoms with van der Waals surface area (Å²) in [5, 5.41) is 2.96. The predicted octanol–water partition coefficient (Wildman–Crippen LogP) is 0.925. The Kier molecular flexibility index (Phi) is 4.77. The molecule has 1 saturated carbocycles. The van der Waals surface area contributed by atoms with Gasteiger partial charge in [0, 0.05) is 25.1 Å². The lowest BCUT2D eigenvalue weighted by Crippen LogP contribution is -2.40. The van der Waals surface area contributed by atoms with Gasteiger partial charge in [-0.15, -0.1) is 0 Å². The van der Waals surface area contributed by atoms with Crippen molar-refractivity contribution in [2.75, 3.05) is 13.7 Å². The highest BCUT2D eigenvalue weighted by Crippen LogP contribution is 2.38. The molecule has 1 unspecified atom stereocenters. The van der Waals surface area contributed by atoms with Crippen LogP contribution in [0.4, 0.5) is 0 Å². The molecular formula is C13H18ClN3O3. The largest absolute Gasteiger partial charge is 0.383 e. The summed E-state index contributed by atoms with van der Waals surface area (Å²) in [6, 6.07) is 1.13. The standard InChI is InChI=1S/C13H18ClN3O3/c1-8(7-20-2)15-11(18)6-17-12(19)5-10(14)16-13(17)9-3-4-9/h5,8-9H,3-4,6-7H2,1-2H3,(H,15,18). The third kappa shape index (κ3) is 3.80. The zero-order valence-corrected chi connectivity index (χ0v) is 12.3. The summed E-state index contributed by atoms with van der Waals surface area (Å²) in [6.07, 6.45) is 1.96. The molecule has 110 valence electrons. The van der Waals surface area contributed by atoms with Gasteiger partial charge in [-0.1, -0.05) is 11.6 Å². The van der Waals surface area contributed by atoms with E-state index >= 15 is 0 Å². The molecule has 0 spiro atoms. The van der Waals surface area contributed by atoms with Crippen LogP contribution in [0.1, 0.15) is 31.5 Å². The summed E-state index contributed by atoms with van der Waals surface area (Å²) in [6.45, 7) is 2.23. The number of carbonyl (C=O) groups excluding carboxylic acids is 1. The number of halogens is 1. The van der Waals surface area contributed by atoms with Crippen LogP contribution in [-0.2, 0) is 16.1 Å². The fraction of sp³-hybridized carbons (Fsp3) is 0.615. The summed E-state index contributed by atoms with van der Waals surface area (Å²) >= 11 is 5.81. The number of ether oxygens (including phenoxy) is 1. The molecule has 0 bridgehead atoms. The quantitative estimate of drug-likeness (QED) is 0.793. The molecule has 1 aliphatic carbocycles. The van der Waals surface area contributed by atoms with E-state index in [1.807, 2.05) is 6.92 Å². The maximum atomic E-state index is 12.0. The Morgan fingerprint density at radius 3 is 2.95 bits per heavy atom. The van der Waals surface area contributed by atoms with Crippen LogP contribution >= 0.6 is 11.6 Å². The molecule has 1 heterocycles. The summed E-state index contributed by atoms with van der Waals surface area (Å²) in [5.74, 6) is 0.616. The van der Waals surface area contributed by atoms with Crippen LogP contribution in [-0.4, -0.2) is 35.2 Å². The van der Waals surface area contributed by atoms with Gasteiger partial charge in [-0.25, -0.2) is 4.98 Å². The monoisotopic (exact) mass is 299 g/mol. The first-order valence-corrected chi connectivity index (χ1v) is 6.94. The van der Waals surface area contributed by atoms with Crippen molar-refractivity contribution in [1.82, 2.24) is 14.9 Å². The van der Waals surface area contributed by atoms with E-state index < -0.39 is 0 Å². The molecule has 0 aromatic carbocycles. The van der Waals surface area contributed by atoms with E-state index in [4.69, 9.17) is 16.3 Å². The van der Waals surface area contributed by atoms with Gasteiger partial charge in [-0.05, 0) is 19.8 Å². The van der Waals surface area contributed by atoms with Crippen LogP contribution in [0.5, 0.6) is 0 Å². The molecule has 1 fully saturated rings. The number of hydrogen-bond acceptors (Lipinski definition) is 4.